The van der Waals surface area contributed by atoms with Gasteiger partial charge in [-0.1, -0.05) is 19.1 Å². The van der Waals surface area contributed by atoms with Gasteiger partial charge in [-0.3, -0.25) is 0 Å². The quantitative estimate of drug-likeness (QED) is 0.694. The molecular weight excluding hydrogens is 186 g/mol. The summed E-state index contributed by atoms with van der Waals surface area (Å²) in [6.45, 7) is 4.04. The number of hydrogen-bond acceptors (Lipinski definition) is 2. The van der Waals surface area contributed by atoms with Gasteiger partial charge in [-0.25, -0.2) is 0 Å². The van der Waals surface area contributed by atoms with Crippen molar-refractivity contribution in [3.8, 4) is 5.75 Å². The lowest BCUT2D eigenvalue weighted by Crippen LogP contribution is -2.09. The highest BCUT2D eigenvalue weighted by Gasteiger charge is 1.94. The summed E-state index contributed by atoms with van der Waals surface area (Å²) in [5.41, 5.74) is 1.36. The van der Waals surface area contributed by atoms with Gasteiger partial charge in [-0.2, -0.15) is 0 Å². The molecule has 0 aromatic heterocycles. The lowest BCUT2D eigenvalue weighted by atomic mass is 10.2. The van der Waals surface area contributed by atoms with E-state index in [-0.39, 0.29) is 0 Å². The fraction of sp³-hybridized carbons (Fsp3) is 0.538. The van der Waals surface area contributed by atoms with E-state index in [1.54, 1.807) is 0 Å². The number of benzene rings is 1. The molecule has 1 rings (SSSR count). The normalized spacial score (nSPS) is 10.3. The summed E-state index contributed by atoms with van der Waals surface area (Å²) in [5.74, 6) is 0.983. The van der Waals surface area contributed by atoms with Crippen LogP contribution in [0.1, 0.15) is 25.3 Å². The predicted octanol–water partition coefficient (Wildman–Crippen LogP) is 2.63. The van der Waals surface area contributed by atoms with Crippen molar-refractivity contribution in [2.24, 2.45) is 0 Å². The summed E-state index contributed by atoms with van der Waals surface area (Å²) in [4.78, 5) is 0. The van der Waals surface area contributed by atoms with Gasteiger partial charge in [0.2, 0.25) is 0 Å². The molecule has 15 heavy (non-hydrogen) atoms. The largest absolute Gasteiger partial charge is 0.494 e. The van der Waals surface area contributed by atoms with E-state index >= 15 is 0 Å². The van der Waals surface area contributed by atoms with Gasteiger partial charge in [0.1, 0.15) is 5.75 Å². The lowest BCUT2D eigenvalue weighted by Gasteiger charge is -2.06. The summed E-state index contributed by atoms with van der Waals surface area (Å²) in [6.07, 6.45) is 3.36. The zero-order valence-electron chi connectivity index (χ0n) is 9.75. The molecule has 84 valence electrons. The molecule has 2 heteroatoms. The molecule has 0 bridgehead atoms. The first-order chi connectivity index (χ1) is 7.36. The Morgan fingerprint density at radius 3 is 2.47 bits per heavy atom. The lowest BCUT2D eigenvalue weighted by molar-refractivity contribution is 0.306. The van der Waals surface area contributed by atoms with Crippen LogP contribution in [0.2, 0.25) is 0 Å². The van der Waals surface area contributed by atoms with E-state index in [0.29, 0.717) is 0 Å². The van der Waals surface area contributed by atoms with Crippen LogP contribution in [0.15, 0.2) is 24.3 Å². The van der Waals surface area contributed by atoms with E-state index in [1.165, 1.54) is 12.0 Å². The minimum absolute atomic E-state index is 0.813. The molecule has 0 saturated heterocycles. The van der Waals surface area contributed by atoms with Crippen LogP contribution < -0.4 is 10.1 Å². The number of aryl methyl sites for hydroxylation is 1. The Balaban J connectivity index is 2.20. The monoisotopic (exact) mass is 207 g/mol. The first kappa shape index (κ1) is 12.1. The van der Waals surface area contributed by atoms with E-state index in [4.69, 9.17) is 4.74 Å². The first-order valence-corrected chi connectivity index (χ1v) is 5.73. The average molecular weight is 207 g/mol. The second-order valence-electron chi connectivity index (χ2n) is 3.66. The number of unbranched alkanes of at least 4 members (excludes halogenated alkanes) is 1. The Morgan fingerprint density at radius 2 is 1.87 bits per heavy atom. The highest BCUT2D eigenvalue weighted by Crippen LogP contribution is 2.12. The Labute approximate surface area is 92.6 Å². The Hall–Kier alpha value is -1.02. The van der Waals surface area contributed by atoms with Gasteiger partial charge >= 0.3 is 0 Å². The van der Waals surface area contributed by atoms with Gasteiger partial charge in [0.25, 0.3) is 0 Å². The molecular formula is C13H21NO. The van der Waals surface area contributed by atoms with Crippen molar-refractivity contribution in [3.05, 3.63) is 29.8 Å². The molecule has 0 aliphatic rings. The van der Waals surface area contributed by atoms with Crippen molar-refractivity contribution in [3.63, 3.8) is 0 Å². The molecule has 0 saturated carbocycles. The summed E-state index contributed by atoms with van der Waals surface area (Å²) >= 11 is 0. The summed E-state index contributed by atoms with van der Waals surface area (Å²) in [6, 6.07) is 8.36. The third-order valence-electron chi connectivity index (χ3n) is 2.42. The van der Waals surface area contributed by atoms with Gasteiger partial charge in [0.05, 0.1) is 6.61 Å². The van der Waals surface area contributed by atoms with Crippen molar-refractivity contribution in [2.45, 2.75) is 26.2 Å². The molecule has 1 N–H and O–H groups in total. The van der Waals surface area contributed by atoms with Crippen LogP contribution >= 0.6 is 0 Å². The smallest absolute Gasteiger partial charge is 0.119 e. The van der Waals surface area contributed by atoms with E-state index in [2.05, 4.69) is 36.5 Å². The second-order valence-corrected chi connectivity index (χ2v) is 3.66. The second kappa shape index (κ2) is 7.30. The van der Waals surface area contributed by atoms with Crippen LogP contribution in [-0.2, 0) is 6.42 Å². The molecule has 0 spiro atoms. The first-order valence-electron chi connectivity index (χ1n) is 5.73. The van der Waals surface area contributed by atoms with Crippen LogP contribution in [0.3, 0.4) is 0 Å². The maximum absolute atomic E-state index is 5.62. The highest BCUT2D eigenvalue weighted by molar-refractivity contribution is 5.27. The standard InChI is InChI=1S/C13H21NO/c1-3-12-6-8-13(9-7-12)15-11-5-4-10-14-2/h6-9,14H,3-5,10-11H2,1-2H3. The molecule has 1 aromatic carbocycles. The van der Waals surface area contributed by atoms with E-state index in [9.17, 15) is 0 Å². The number of nitrogens with one attached hydrogen (secondary N) is 1. The predicted molar refractivity (Wildman–Crippen MR) is 64.5 cm³/mol. The van der Waals surface area contributed by atoms with E-state index in [0.717, 1.165) is 31.7 Å². The van der Waals surface area contributed by atoms with Crippen LogP contribution in [0.25, 0.3) is 0 Å². The molecule has 0 atom stereocenters. The maximum Gasteiger partial charge on any atom is 0.119 e. The molecule has 0 aliphatic carbocycles. The fourth-order valence-electron chi connectivity index (χ4n) is 1.42. The molecule has 0 fully saturated rings. The van der Waals surface area contributed by atoms with Crippen molar-refractivity contribution in [2.75, 3.05) is 20.2 Å². The summed E-state index contributed by atoms with van der Waals surface area (Å²) in [5, 5.41) is 3.13. The maximum atomic E-state index is 5.62. The Kier molecular flexibility index (Phi) is 5.86. The number of rotatable bonds is 7. The van der Waals surface area contributed by atoms with Gasteiger partial charge < -0.3 is 10.1 Å². The highest BCUT2D eigenvalue weighted by atomic mass is 16.5. The SMILES string of the molecule is CCc1ccc(OCCCCNC)cc1. The third kappa shape index (κ3) is 4.84. The third-order valence-corrected chi connectivity index (χ3v) is 2.42. The topological polar surface area (TPSA) is 21.3 Å². The fourth-order valence-corrected chi connectivity index (χ4v) is 1.42. The van der Waals surface area contributed by atoms with Crippen LogP contribution in [0.4, 0.5) is 0 Å². The van der Waals surface area contributed by atoms with Gasteiger partial charge in [-0.15, -0.1) is 0 Å². The van der Waals surface area contributed by atoms with Crippen molar-refractivity contribution < 1.29 is 4.74 Å². The molecule has 0 aliphatic heterocycles. The number of hydrogen-bond donors (Lipinski definition) is 1. The zero-order chi connectivity index (χ0) is 10.9. The van der Waals surface area contributed by atoms with Gasteiger partial charge in [0, 0.05) is 0 Å². The average Bonchev–Trinajstić information content (AvgIpc) is 2.30. The number of ether oxygens (including phenoxy) is 1. The van der Waals surface area contributed by atoms with Crippen molar-refractivity contribution in [1.82, 2.24) is 5.32 Å². The molecule has 2 nitrogen and oxygen atoms in total. The summed E-state index contributed by atoms with van der Waals surface area (Å²) in [7, 11) is 1.98. The van der Waals surface area contributed by atoms with Gasteiger partial charge in [-0.05, 0) is 50.6 Å². The molecule has 0 amide bonds. The van der Waals surface area contributed by atoms with E-state index < -0.39 is 0 Å². The van der Waals surface area contributed by atoms with Crippen LogP contribution in [0.5, 0.6) is 5.75 Å². The summed E-state index contributed by atoms with van der Waals surface area (Å²) < 4.78 is 5.62. The molecule has 0 heterocycles. The molecule has 1 aromatic rings. The van der Waals surface area contributed by atoms with Crippen molar-refractivity contribution >= 4 is 0 Å². The molecule has 0 radical (unpaired) electrons. The van der Waals surface area contributed by atoms with Gasteiger partial charge in [0.15, 0.2) is 0 Å². The Morgan fingerprint density at radius 1 is 1.13 bits per heavy atom. The molecule has 0 unspecified atom stereocenters. The minimum Gasteiger partial charge on any atom is -0.494 e. The van der Waals surface area contributed by atoms with E-state index in [1.807, 2.05) is 7.05 Å². The Bertz CT molecular complexity index is 256. The van der Waals surface area contributed by atoms with Crippen LogP contribution in [-0.4, -0.2) is 20.2 Å². The van der Waals surface area contributed by atoms with Crippen LogP contribution in [0, 0.1) is 0 Å². The van der Waals surface area contributed by atoms with Crippen molar-refractivity contribution in [1.29, 1.82) is 0 Å². The minimum atomic E-state index is 0.813. The zero-order valence-corrected chi connectivity index (χ0v) is 9.75.